The fraction of sp³-hybridized carbons (Fsp3) is 0.500. The summed E-state index contributed by atoms with van der Waals surface area (Å²) in [6.45, 7) is 7.27. The van der Waals surface area contributed by atoms with Crippen LogP contribution in [-0.2, 0) is 13.0 Å². The number of benzene rings is 1. The number of hydrogen-bond donors (Lipinski definition) is 2. The Labute approximate surface area is 171 Å². The molecule has 2 amide bonds. The quantitative estimate of drug-likeness (QED) is 0.663. The van der Waals surface area contributed by atoms with E-state index in [0.29, 0.717) is 36.0 Å². The molecule has 156 valence electrons. The van der Waals surface area contributed by atoms with E-state index in [-0.39, 0.29) is 17.9 Å². The maximum Gasteiger partial charge on any atom is 0.287 e. The van der Waals surface area contributed by atoms with Crippen LogP contribution in [0.2, 0.25) is 0 Å². The van der Waals surface area contributed by atoms with Crippen molar-refractivity contribution in [2.75, 3.05) is 11.9 Å². The van der Waals surface area contributed by atoms with Gasteiger partial charge in [0.2, 0.25) is 0 Å². The standard InChI is InChI=1S/C22H30N4O3/c1-4-5-13-23-22(28)20-25-19(17-11-8-9-14-26(17)20)21(27)24-16-10-6-7-12-18(16)29-15(2)3/h6-7,10,12,15H,4-5,8-9,11,13-14H2,1-3H3,(H,23,28)(H,24,27). The molecule has 0 saturated heterocycles. The highest BCUT2D eigenvalue weighted by Crippen LogP contribution is 2.27. The van der Waals surface area contributed by atoms with Crippen molar-refractivity contribution in [2.24, 2.45) is 0 Å². The molecular formula is C22H30N4O3. The monoisotopic (exact) mass is 398 g/mol. The number of unbranched alkanes of at least 4 members (excludes halogenated alkanes) is 1. The average Bonchev–Trinajstić information content (AvgIpc) is 3.09. The highest BCUT2D eigenvalue weighted by molar-refractivity contribution is 6.05. The van der Waals surface area contributed by atoms with Crippen molar-refractivity contribution >= 4 is 17.5 Å². The molecular weight excluding hydrogens is 368 g/mol. The van der Waals surface area contributed by atoms with Crippen molar-refractivity contribution in [2.45, 2.75) is 65.5 Å². The van der Waals surface area contributed by atoms with Crippen molar-refractivity contribution < 1.29 is 14.3 Å². The van der Waals surface area contributed by atoms with Crippen molar-refractivity contribution in [3.05, 3.63) is 41.5 Å². The minimum atomic E-state index is -0.317. The molecule has 7 nitrogen and oxygen atoms in total. The smallest absolute Gasteiger partial charge is 0.287 e. The summed E-state index contributed by atoms with van der Waals surface area (Å²) in [5.41, 5.74) is 1.75. The molecule has 7 heteroatoms. The summed E-state index contributed by atoms with van der Waals surface area (Å²) in [7, 11) is 0. The zero-order valence-electron chi connectivity index (χ0n) is 17.5. The lowest BCUT2D eigenvalue weighted by molar-refractivity contribution is 0.0937. The Bertz CT molecular complexity index is 873. The maximum atomic E-state index is 13.0. The molecule has 0 fully saturated rings. The number of hydrogen-bond acceptors (Lipinski definition) is 4. The molecule has 2 aromatic rings. The summed E-state index contributed by atoms with van der Waals surface area (Å²) in [6.07, 6.45) is 4.61. The number of carbonyl (C=O) groups excluding carboxylic acids is 2. The van der Waals surface area contributed by atoms with E-state index >= 15 is 0 Å². The topological polar surface area (TPSA) is 85.2 Å². The molecule has 0 spiro atoms. The van der Waals surface area contributed by atoms with Crippen LogP contribution in [0.5, 0.6) is 5.75 Å². The zero-order chi connectivity index (χ0) is 20.8. The van der Waals surface area contributed by atoms with Crippen LogP contribution in [0.3, 0.4) is 0 Å². The van der Waals surface area contributed by atoms with Crippen LogP contribution >= 0.6 is 0 Å². The number of fused-ring (bicyclic) bond motifs is 1. The molecule has 0 atom stereocenters. The van der Waals surface area contributed by atoms with E-state index in [1.54, 1.807) is 6.07 Å². The molecule has 2 N–H and O–H groups in total. The number of amides is 2. The molecule has 0 unspecified atom stereocenters. The van der Waals surface area contributed by atoms with Gasteiger partial charge < -0.3 is 19.9 Å². The van der Waals surface area contributed by atoms with Gasteiger partial charge in [0.25, 0.3) is 11.8 Å². The number of ether oxygens (including phenoxy) is 1. The highest BCUT2D eigenvalue weighted by atomic mass is 16.5. The fourth-order valence-corrected chi connectivity index (χ4v) is 3.46. The van der Waals surface area contributed by atoms with E-state index in [1.807, 2.05) is 36.6 Å². The lowest BCUT2D eigenvalue weighted by Crippen LogP contribution is -2.28. The third-order valence-corrected chi connectivity index (χ3v) is 4.85. The van der Waals surface area contributed by atoms with Gasteiger partial charge in [-0.1, -0.05) is 25.5 Å². The van der Waals surface area contributed by atoms with E-state index in [9.17, 15) is 9.59 Å². The Balaban J connectivity index is 1.85. The maximum absolute atomic E-state index is 13.0. The molecule has 3 rings (SSSR count). The summed E-state index contributed by atoms with van der Waals surface area (Å²) >= 11 is 0. The van der Waals surface area contributed by atoms with Crippen LogP contribution < -0.4 is 15.4 Å². The molecule has 0 bridgehead atoms. The lowest BCUT2D eigenvalue weighted by Gasteiger charge is -2.17. The zero-order valence-corrected chi connectivity index (χ0v) is 17.5. The molecule has 29 heavy (non-hydrogen) atoms. The van der Waals surface area contributed by atoms with Gasteiger partial charge in [-0.25, -0.2) is 4.98 Å². The largest absolute Gasteiger partial charge is 0.489 e. The Morgan fingerprint density at radius 1 is 1.21 bits per heavy atom. The third-order valence-electron chi connectivity index (χ3n) is 4.85. The van der Waals surface area contributed by atoms with Crippen LogP contribution in [-0.4, -0.2) is 34.0 Å². The molecule has 2 heterocycles. The molecule has 1 aliphatic rings. The molecule has 0 aliphatic carbocycles. The van der Waals surface area contributed by atoms with Crippen LogP contribution in [0.25, 0.3) is 0 Å². The van der Waals surface area contributed by atoms with Gasteiger partial charge in [-0.3, -0.25) is 9.59 Å². The van der Waals surface area contributed by atoms with Crippen LogP contribution in [0.1, 0.15) is 73.3 Å². The Kier molecular flexibility index (Phi) is 6.90. The number of rotatable bonds is 8. The highest BCUT2D eigenvalue weighted by Gasteiger charge is 2.27. The molecule has 1 aromatic carbocycles. The molecule has 0 radical (unpaired) electrons. The SMILES string of the molecule is CCCCNC(=O)c1nc(C(=O)Nc2ccccc2OC(C)C)c2n1CCCC2. The van der Waals surface area contributed by atoms with Crippen molar-refractivity contribution in [1.29, 1.82) is 0 Å². The van der Waals surface area contributed by atoms with Gasteiger partial charge in [0, 0.05) is 13.1 Å². The first-order chi connectivity index (χ1) is 14.0. The second-order valence-corrected chi connectivity index (χ2v) is 7.57. The van der Waals surface area contributed by atoms with Gasteiger partial charge in [0.15, 0.2) is 11.5 Å². The first kappa shape index (κ1) is 20.9. The van der Waals surface area contributed by atoms with Crippen molar-refractivity contribution in [3.8, 4) is 5.75 Å². The fourth-order valence-electron chi connectivity index (χ4n) is 3.46. The second kappa shape index (κ2) is 9.58. The minimum absolute atomic E-state index is 0.00756. The van der Waals surface area contributed by atoms with Crippen molar-refractivity contribution in [1.82, 2.24) is 14.9 Å². The van der Waals surface area contributed by atoms with E-state index in [4.69, 9.17) is 4.74 Å². The third kappa shape index (κ3) is 4.96. The van der Waals surface area contributed by atoms with Crippen LogP contribution in [0, 0.1) is 0 Å². The van der Waals surface area contributed by atoms with Crippen molar-refractivity contribution in [3.63, 3.8) is 0 Å². The average molecular weight is 399 g/mol. The number of imidazole rings is 1. The number of nitrogens with one attached hydrogen (secondary N) is 2. The summed E-state index contributed by atoms with van der Waals surface area (Å²) in [5, 5.41) is 5.82. The lowest BCUT2D eigenvalue weighted by atomic mass is 10.1. The molecule has 1 aliphatic heterocycles. The van der Waals surface area contributed by atoms with Gasteiger partial charge in [-0.05, 0) is 51.7 Å². The Morgan fingerprint density at radius 3 is 2.76 bits per heavy atom. The summed E-state index contributed by atoms with van der Waals surface area (Å²) in [6, 6.07) is 7.34. The first-order valence-electron chi connectivity index (χ1n) is 10.5. The number of anilines is 1. The summed E-state index contributed by atoms with van der Waals surface area (Å²) in [5.74, 6) is 0.404. The first-order valence-corrected chi connectivity index (χ1v) is 10.5. The second-order valence-electron chi connectivity index (χ2n) is 7.57. The number of carbonyl (C=O) groups is 2. The van der Waals surface area contributed by atoms with E-state index < -0.39 is 0 Å². The van der Waals surface area contributed by atoms with E-state index in [2.05, 4.69) is 22.5 Å². The summed E-state index contributed by atoms with van der Waals surface area (Å²) in [4.78, 5) is 30.1. The Hall–Kier alpha value is -2.83. The van der Waals surface area contributed by atoms with Gasteiger partial charge >= 0.3 is 0 Å². The predicted octanol–water partition coefficient (Wildman–Crippen LogP) is 3.79. The van der Waals surface area contributed by atoms with Gasteiger partial charge in [0.05, 0.1) is 17.5 Å². The Morgan fingerprint density at radius 2 is 2.00 bits per heavy atom. The van der Waals surface area contributed by atoms with E-state index in [0.717, 1.165) is 37.8 Å². The number of aromatic nitrogens is 2. The molecule has 1 aromatic heterocycles. The van der Waals surface area contributed by atoms with E-state index in [1.165, 1.54) is 0 Å². The summed E-state index contributed by atoms with van der Waals surface area (Å²) < 4.78 is 7.69. The molecule has 0 saturated carbocycles. The van der Waals surface area contributed by atoms with Crippen LogP contribution in [0.4, 0.5) is 5.69 Å². The van der Waals surface area contributed by atoms with Gasteiger partial charge in [-0.15, -0.1) is 0 Å². The minimum Gasteiger partial charge on any atom is -0.489 e. The number of para-hydroxylation sites is 2. The number of nitrogens with zero attached hydrogens (tertiary/aromatic N) is 2. The normalized spacial score (nSPS) is 13.1. The van der Waals surface area contributed by atoms with Gasteiger partial charge in [-0.2, -0.15) is 0 Å². The van der Waals surface area contributed by atoms with Gasteiger partial charge in [0.1, 0.15) is 5.75 Å². The predicted molar refractivity (Wildman–Crippen MR) is 113 cm³/mol. The van der Waals surface area contributed by atoms with Crippen LogP contribution in [0.15, 0.2) is 24.3 Å².